The van der Waals surface area contributed by atoms with E-state index in [2.05, 4.69) is 10.3 Å². The van der Waals surface area contributed by atoms with E-state index in [0.29, 0.717) is 6.42 Å². The lowest BCUT2D eigenvalue weighted by molar-refractivity contribution is 0.0902. The molecule has 2 heterocycles. The van der Waals surface area contributed by atoms with Gasteiger partial charge >= 0.3 is 0 Å². The quantitative estimate of drug-likeness (QED) is 0.694. The molecule has 0 unspecified atom stereocenters. The molecule has 84 valence electrons. The van der Waals surface area contributed by atoms with Crippen LogP contribution in [0.25, 0.3) is 11.0 Å². The number of para-hydroxylation sites is 1. The van der Waals surface area contributed by atoms with Crippen molar-refractivity contribution in [2.75, 3.05) is 0 Å². The Balaban J connectivity index is 1.96. The second-order valence-corrected chi connectivity index (χ2v) is 4.67. The summed E-state index contributed by atoms with van der Waals surface area (Å²) in [6.07, 6.45) is 0.366. The first kappa shape index (κ1) is 10.2. The molecule has 0 atom stereocenters. The third kappa shape index (κ3) is 1.85. The van der Waals surface area contributed by atoms with E-state index in [1.807, 2.05) is 41.8 Å². The predicted molar refractivity (Wildman–Crippen MR) is 66.2 cm³/mol. The number of carbonyl (C=O) groups excluding carboxylic acids is 1. The number of fused-ring (bicyclic) bond motifs is 1. The zero-order valence-corrected chi connectivity index (χ0v) is 9.72. The Hall–Kier alpha value is -2.01. The first-order chi connectivity index (χ1) is 8.34. The van der Waals surface area contributed by atoms with Crippen molar-refractivity contribution in [3.63, 3.8) is 0 Å². The third-order valence-corrected chi connectivity index (χ3v) is 3.37. The summed E-state index contributed by atoms with van der Waals surface area (Å²) in [5.74, 6) is -0.0545. The summed E-state index contributed by atoms with van der Waals surface area (Å²) in [5, 5.41) is 9.82. The molecule has 0 aliphatic heterocycles. The van der Waals surface area contributed by atoms with Gasteiger partial charge in [0.05, 0.1) is 11.9 Å². The molecular weight excluding hydrogens is 234 g/mol. The molecule has 3 aromatic rings. The summed E-state index contributed by atoms with van der Waals surface area (Å²) in [5.41, 5.74) is 1.50. The minimum atomic E-state index is -0.0545. The lowest BCUT2D eigenvalue weighted by Gasteiger charge is -1.98. The molecule has 0 amide bonds. The highest BCUT2D eigenvalue weighted by atomic mass is 32.1. The standard InChI is InChI=1S/C12H9N3OS/c16-12(8-9-4-3-7-17-9)15-11-6-2-1-5-10(11)13-14-15/h1-7H,8H2. The second-order valence-electron chi connectivity index (χ2n) is 3.64. The Morgan fingerprint density at radius 2 is 2.12 bits per heavy atom. The van der Waals surface area contributed by atoms with Gasteiger partial charge in [-0.3, -0.25) is 4.79 Å². The molecule has 1 aromatic carbocycles. The average molecular weight is 243 g/mol. The Morgan fingerprint density at radius 1 is 1.24 bits per heavy atom. The highest BCUT2D eigenvalue weighted by molar-refractivity contribution is 7.10. The van der Waals surface area contributed by atoms with Crippen LogP contribution in [0.3, 0.4) is 0 Å². The van der Waals surface area contributed by atoms with Gasteiger partial charge in [-0.1, -0.05) is 23.4 Å². The van der Waals surface area contributed by atoms with E-state index < -0.39 is 0 Å². The number of carbonyl (C=O) groups is 1. The zero-order valence-electron chi connectivity index (χ0n) is 8.91. The topological polar surface area (TPSA) is 47.8 Å². The van der Waals surface area contributed by atoms with E-state index in [4.69, 9.17) is 0 Å². The molecule has 0 radical (unpaired) electrons. The minimum absolute atomic E-state index is 0.0545. The molecule has 5 heteroatoms. The minimum Gasteiger partial charge on any atom is -0.272 e. The van der Waals surface area contributed by atoms with E-state index >= 15 is 0 Å². The fourth-order valence-corrected chi connectivity index (χ4v) is 2.39. The molecule has 17 heavy (non-hydrogen) atoms. The summed E-state index contributed by atoms with van der Waals surface area (Å²) in [7, 11) is 0. The average Bonchev–Trinajstić information content (AvgIpc) is 2.96. The lowest BCUT2D eigenvalue weighted by atomic mass is 10.3. The van der Waals surface area contributed by atoms with Gasteiger partial charge in [0.1, 0.15) is 5.52 Å². The SMILES string of the molecule is O=C(Cc1cccs1)n1nnc2ccccc21. The second kappa shape index (κ2) is 4.10. The highest BCUT2D eigenvalue weighted by Gasteiger charge is 2.12. The Morgan fingerprint density at radius 3 is 2.94 bits per heavy atom. The smallest absolute Gasteiger partial charge is 0.254 e. The van der Waals surface area contributed by atoms with Crippen molar-refractivity contribution >= 4 is 28.3 Å². The highest BCUT2D eigenvalue weighted by Crippen LogP contribution is 2.13. The van der Waals surface area contributed by atoms with Crippen LogP contribution in [0.15, 0.2) is 41.8 Å². The van der Waals surface area contributed by atoms with Crippen LogP contribution in [-0.2, 0) is 6.42 Å². The predicted octanol–water partition coefficient (Wildman–Crippen LogP) is 2.38. The maximum absolute atomic E-state index is 12.1. The van der Waals surface area contributed by atoms with Crippen LogP contribution in [0.1, 0.15) is 9.67 Å². The summed E-state index contributed by atoms with van der Waals surface area (Å²) < 4.78 is 1.37. The van der Waals surface area contributed by atoms with E-state index in [9.17, 15) is 4.79 Å². The number of hydrogen-bond donors (Lipinski definition) is 0. The van der Waals surface area contributed by atoms with Crippen molar-refractivity contribution in [2.24, 2.45) is 0 Å². The largest absolute Gasteiger partial charge is 0.272 e. The third-order valence-electron chi connectivity index (χ3n) is 2.49. The van der Waals surface area contributed by atoms with Crippen LogP contribution in [0.2, 0.25) is 0 Å². The van der Waals surface area contributed by atoms with E-state index in [0.717, 1.165) is 15.9 Å². The van der Waals surface area contributed by atoms with Gasteiger partial charge in [-0.2, -0.15) is 4.68 Å². The molecule has 0 N–H and O–H groups in total. The maximum atomic E-state index is 12.1. The van der Waals surface area contributed by atoms with Gasteiger partial charge in [-0.05, 0) is 23.6 Å². The van der Waals surface area contributed by atoms with Crippen LogP contribution in [0, 0.1) is 0 Å². The molecule has 0 fully saturated rings. The fourth-order valence-electron chi connectivity index (χ4n) is 1.69. The molecule has 0 saturated carbocycles. The number of aromatic nitrogens is 3. The van der Waals surface area contributed by atoms with Gasteiger partial charge < -0.3 is 0 Å². The van der Waals surface area contributed by atoms with Crippen molar-refractivity contribution in [3.8, 4) is 0 Å². The summed E-state index contributed by atoms with van der Waals surface area (Å²) in [6.45, 7) is 0. The Kier molecular flexibility index (Phi) is 2.45. The Bertz CT molecular complexity index is 657. The first-order valence-corrected chi connectivity index (χ1v) is 6.08. The fraction of sp³-hybridized carbons (Fsp3) is 0.0833. The van der Waals surface area contributed by atoms with Crippen molar-refractivity contribution in [3.05, 3.63) is 46.7 Å². The van der Waals surface area contributed by atoms with E-state index in [1.54, 1.807) is 11.3 Å². The van der Waals surface area contributed by atoms with E-state index in [-0.39, 0.29) is 5.91 Å². The van der Waals surface area contributed by atoms with Crippen LogP contribution in [0.4, 0.5) is 0 Å². The number of hydrogen-bond acceptors (Lipinski definition) is 4. The van der Waals surface area contributed by atoms with Crippen molar-refractivity contribution < 1.29 is 4.79 Å². The van der Waals surface area contributed by atoms with Crippen LogP contribution in [-0.4, -0.2) is 20.9 Å². The molecule has 0 spiro atoms. The summed E-state index contributed by atoms with van der Waals surface area (Å²) >= 11 is 1.57. The van der Waals surface area contributed by atoms with Crippen molar-refractivity contribution in [1.29, 1.82) is 0 Å². The number of rotatable bonds is 2. The number of thiophene rings is 1. The monoisotopic (exact) mass is 243 g/mol. The molecule has 2 aromatic heterocycles. The summed E-state index contributed by atoms with van der Waals surface area (Å²) in [6, 6.07) is 11.3. The number of nitrogens with zero attached hydrogens (tertiary/aromatic N) is 3. The van der Waals surface area contributed by atoms with Crippen LogP contribution < -0.4 is 0 Å². The molecule has 0 aliphatic rings. The van der Waals surface area contributed by atoms with Gasteiger partial charge in [0, 0.05) is 4.88 Å². The van der Waals surface area contributed by atoms with Gasteiger partial charge in [0.25, 0.3) is 5.91 Å². The Labute approximate surface area is 101 Å². The first-order valence-electron chi connectivity index (χ1n) is 5.20. The van der Waals surface area contributed by atoms with Crippen LogP contribution in [0.5, 0.6) is 0 Å². The molecule has 4 nitrogen and oxygen atoms in total. The van der Waals surface area contributed by atoms with Gasteiger partial charge in [-0.25, -0.2) is 0 Å². The van der Waals surface area contributed by atoms with Crippen molar-refractivity contribution in [1.82, 2.24) is 15.0 Å². The molecule has 0 aliphatic carbocycles. The van der Waals surface area contributed by atoms with Gasteiger partial charge in [-0.15, -0.1) is 16.4 Å². The molecular formula is C12H9N3OS. The summed E-state index contributed by atoms with van der Waals surface area (Å²) in [4.78, 5) is 13.1. The van der Waals surface area contributed by atoms with Gasteiger partial charge in [0.15, 0.2) is 0 Å². The van der Waals surface area contributed by atoms with E-state index in [1.165, 1.54) is 4.68 Å². The zero-order chi connectivity index (χ0) is 11.7. The normalized spacial score (nSPS) is 10.8. The maximum Gasteiger partial charge on any atom is 0.254 e. The molecule has 0 saturated heterocycles. The molecule has 3 rings (SSSR count). The lowest BCUT2D eigenvalue weighted by Crippen LogP contribution is -2.14. The molecule has 0 bridgehead atoms. The van der Waals surface area contributed by atoms with Gasteiger partial charge in [0.2, 0.25) is 0 Å². The number of benzene rings is 1. The van der Waals surface area contributed by atoms with Crippen molar-refractivity contribution in [2.45, 2.75) is 6.42 Å². The van der Waals surface area contributed by atoms with Crippen LogP contribution >= 0.6 is 11.3 Å².